The first kappa shape index (κ1) is 32.5. The van der Waals surface area contributed by atoms with E-state index in [0.29, 0.717) is 0 Å². The average molecular weight is 694 g/mol. The third kappa shape index (κ3) is 5.38. The van der Waals surface area contributed by atoms with Gasteiger partial charge in [-0.1, -0.05) is 153 Å². The second kappa shape index (κ2) is 13.0. The smallest absolute Gasteiger partial charge is 0.0465 e. The van der Waals surface area contributed by atoms with Gasteiger partial charge in [-0.2, -0.15) is 0 Å². The molecule has 0 spiro atoms. The molecule has 1 heteroatoms. The van der Waals surface area contributed by atoms with Gasteiger partial charge in [0.15, 0.2) is 0 Å². The van der Waals surface area contributed by atoms with Crippen LogP contribution in [0.5, 0.6) is 0 Å². The molecule has 0 heterocycles. The number of rotatable bonds is 6. The van der Waals surface area contributed by atoms with Gasteiger partial charge in [-0.3, -0.25) is 0 Å². The van der Waals surface area contributed by atoms with Crippen molar-refractivity contribution in [3.05, 3.63) is 198 Å². The summed E-state index contributed by atoms with van der Waals surface area (Å²) in [6.07, 6.45) is 4.92. The molecule has 10 rings (SSSR count). The average Bonchev–Trinajstić information content (AvgIpc) is 3.47. The van der Waals surface area contributed by atoms with Crippen molar-refractivity contribution in [2.45, 2.75) is 44.9 Å². The predicted octanol–water partition coefficient (Wildman–Crippen LogP) is 14.5. The second-order valence-electron chi connectivity index (χ2n) is 15.6. The van der Waals surface area contributed by atoms with Gasteiger partial charge in [-0.25, -0.2) is 0 Å². The molecule has 0 saturated carbocycles. The van der Waals surface area contributed by atoms with Crippen LogP contribution in [0, 0.1) is 0 Å². The quantitative estimate of drug-likeness (QED) is 0.168. The van der Waals surface area contributed by atoms with Gasteiger partial charge >= 0.3 is 0 Å². The number of aryl methyl sites for hydroxylation is 1. The number of anilines is 3. The first-order valence-corrected chi connectivity index (χ1v) is 19.5. The maximum atomic E-state index is 2.45. The topological polar surface area (TPSA) is 3.24 Å². The summed E-state index contributed by atoms with van der Waals surface area (Å²) in [6, 6.07) is 65.3. The molecule has 0 amide bonds. The number of benzene rings is 8. The zero-order valence-corrected chi connectivity index (χ0v) is 31.0. The Balaban J connectivity index is 1.09. The summed E-state index contributed by atoms with van der Waals surface area (Å²) in [6.45, 7) is 4.79. The Kier molecular flexibility index (Phi) is 7.84. The number of hydrogen-bond donors (Lipinski definition) is 0. The summed E-state index contributed by atoms with van der Waals surface area (Å²) < 4.78 is 0. The van der Waals surface area contributed by atoms with Crippen molar-refractivity contribution in [3.8, 4) is 44.5 Å². The minimum Gasteiger partial charge on any atom is -0.310 e. The normalized spacial score (nSPS) is 14.0. The Morgan fingerprint density at radius 1 is 0.426 bits per heavy atom. The van der Waals surface area contributed by atoms with E-state index < -0.39 is 0 Å². The zero-order valence-electron chi connectivity index (χ0n) is 31.0. The van der Waals surface area contributed by atoms with E-state index in [4.69, 9.17) is 0 Å². The second-order valence-corrected chi connectivity index (χ2v) is 15.6. The summed E-state index contributed by atoms with van der Waals surface area (Å²) in [7, 11) is 0. The van der Waals surface area contributed by atoms with Crippen LogP contribution in [0.1, 0.15) is 48.9 Å². The van der Waals surface area contributed by atoms with E-state index in [0.717, 1.165) is 11.4 Å². The molecule has 8 aromatic rings. The van der Waals surface area contributed by atoms with E-state index in [1.807, 2.05) is 0 Å². The van der Waals surface area contributed by atoms with Crippen LogP contribution in [0.3, 0.4) is 0 Å². The number of fused-ring (bicyclic) bond motifs is 6. The molecule has 0 atom stereocenters. The standard InChI is InChI=1S/C53H43N/c1-53(2)51-35-43(32-34-49(51)50-33-27-38-16-7-9-21-48(38)52(50)53)54(42-30-25-40(26-31-42)47-22-12-17-37-15-6-8-18-45(37)47)41-28-23-39(24-29-41)46-20-11-10-19-44(46)36-13-4-3-5-14-36/h3-5,7,9-14,16-17,19-35H,6,8,15,18H2,1-2H3. The van der Waals surface area contributed by atoms with Crippen LogP contribution in [0.2, 0.25) is 0 Å². The molecule has 0 aromatic heterocycles. The predicted molar refractivity (Wildman–Crippen MR) is 229 cm³/mol. The van der Waals surface area contributed by atoms with Gasteiger partial charge < -0.3 is 4.90 Å². The van der Waals surface area contributed by atoms with Crippen molar-refractivity contribution in [2.75, 3.05) is 4.90 Å². The molecule has 0 aliphatic heterocycles. The molecular weight excluding hydrogens is 651 g/mol. The van der Waals surface area contributed by atoms with Crippen molar-refractivity contribution < 1.29 is 0 Å². The highest BCUT2D eigenvalue weighted by molar-refractivity contribution is 5.98. The van der Waals surface area contributed by atoms with Crippen molar-refractivity contribution in [1.82, 2.24) is 0 Å². The Morgan fingerprint density at radius 2 is 1.00 bits per heavy atom. The molecule has 8 aromatic carbocycles. The summed E-state index contributed by atoms with van der Waals surface area (Å²) in [5.74, 6) is 0. The lowest BCUT2D eigenvalue weighted by atomic mass is 9.80. The molecule has 0 radical (unpaired) electrons. The van der Waals surface area contributed by atoms with Crippen molar-refractivity contribution in [2.24, 2.45) is 0 Å². The molecule has 0 N–H and O–H groups in total. The molecule has 260 valence electrons. The van der Waals surface area contributed by atoms with E-state index >= 15 is 0 Å². The Bertz CT molecular complexity index is 2660. The largest absolute Gasteiger partial charge is 0.310 e. The molecule has 0 saturated heterocycles. The van der Waals surface area contributed by atoms with Crippen LogP contribution in [0.4, 0.5) is 17.1 Å². The van der Waals surface area contributed by atoms with Gasteiger partial charge in [0, 0.05) is 22.5 Å². The van der Waals surface area contributed by atoms with Crippen LogP contribution in [-0.4, -0.2) is 0 Å². The molecule has 54 heavy (non-hydrogen) atoms. The Hall–Kier alpha value is -6.18. The van der Waals surface area contributed by atoms with Gasteiger partial charge in [-0.05, 0) is 140 Å². The fourth-order valence-corrected chi connectivity index (χ4v) is 9.41. The summed E-state index contributed by atoms with van der Waals surface area (Å²) in [5, 5.41) is 2.65. The Labute approximate surface area is 319 Å². The molecule has 0 bridgehead atoms. The van der Waals surface area contributed by atoms with Gasteiger partial charge in [0.25, 0.3) is 0 Å². The lowest BCUT2D eigenvalue weighted by molar-refractivity contribution is 0.666. The van der Waals surface area contributed by atoms with Gasteiger partial charge in [0.1, 0.15) is 0 Å². The van der Waals surface area contributed by atoms with Crippen LogP contribution in [0.25, 0.3) is 55.3 Å². The zero-order chi connectivity index (χ0) is 36.2. The number of nitrogens with zero attached hydrogens (tertiary/aromatic N) is 1. The minimum absolute atomic E-state index is 0.144. The highest BCUT2D eigenvalue weighted by Gasteiger charge is 2.37. The minimum atomic E-state index is -0.144. The number of hydrogen-bond acceptors (Lipinski definition) is 1. The van der Waals surface area contributed by atoms with E-state index in [1.165, 1.54) is 109 Å². The van der Waals surface area contributed by atoms with E-state index in [2.05, 4.69) is 195 Å². The fourth-order valence-electron chi connectivity index (χ4n) is 9.41. The van der Waals surface area contributed by atoms with E-state index in [9.17, 15) is 0 Å². The molecule has 0 unspecified atom stereocenters. The Morgan fingerprint density at radius 3 is 1.74 bits per heavy atom. The fraction of sp³-hybridized carbons (Fsp3) is 0.132. The van der Waals surface area contributed by atoms with Gasteiger partial charge in [0.2, 0.25) is 0 Å². The third-order valence-electron chi connectivity index (χ3n) is 12.1. The molecule has 2 aliphatic rings. The van der Waals surface area contributed by atoms with E-state index in [1.54, 1.807) is 0 Å². The molecule has 0 fully saturated rings. The molecule has 2 aliphatic carbocycles. The summed E-state index contributed by atoms with van der Waals surface area (Å²) in [4.78, 5) is 2.44. The molecule has 1 nitrogen and oxygen atoms in total. The van der Waals surface area contributed by atoms with Crippen LogP contribution in [-0.2, 0) is 18.3 Å². The van der Waals surface area contributed by atoms with Crippen LogP contribution >= 0.6 is 0 Å². The maximum absolute atomic E-state index is 2.45. The first-order chi connectivity index (χ1) is 26.5. The van der Waals surface area contributed by atoms with E-state index in [-0.39, 0.29) is 5.41 Å². The van der Waals surface area contributed by atoms with Gasteiger partial charge in [0.05, 0.1) is 0 Å². The van der Waals surface area contributed by atoms with Crippen molar-refractivity contribution in [1.29, 1.82) is 0 Å². The van der Waals surface area contributed by atoms with Crippen molar-refractivity contribution >= 4 is 27.8 Å². The summed E-state index contributed by atoms with van der Waals surface area (Å²) >= 11 is 0. The monoisotopic (exact) mass is 693 g/mol. The third-order valence-corrected chi connectivity index (χ3v) is 12.1. The lowest BCUT2D eigenvalue weighted by Crippen LogP contribution is -2.17. The van der Waals surface area contributed by atoms with Gasteiger partial charge in [-0.15, -0.1) is 0 Å². The van der Waals surface area contributed by atoms with Crippen LogP contribution < -0.4 is 4.90 Å². The molecular formula is C53H43N. The van der Waals surface area contributed by atoms with Crippen molar-refractivity contribution in [3.63, 3.8) is 0 Å². The first-order valence-electron chi connectivity index (χ1n) is 19.5. The highest BCUT2D eigenvalue weighted by Crippen LogP contribution is 2.53. The maximum Gasteiger partial charge on any atom is 0.0465 e. The van der Waals surface area contributed by atoms with Crippen LogP contribution in [0.15, 0.2) is 176 Å². The lowest BCUT2D eigenvalue weighted by Gasteiger charge is -2.29. The summed E-state index contributed by atoms with van der Waals surface area (Å²) in [5.41, 5.74) is 19.5. The highest BCUT2D eigenvalue weighted by atomic mass is 15.1. The SMILES string of the molecule is CC1(C)c2cc(N(c3ccc(-c4ccccc4-c4ccccc4)cc3)c3ccc(-c4cccc5c4CCCC5)cc3)ccc2-c2ccc3ccccc3c21.